The molecule has 0 aliphatic carbocycles. The molecule has 3 rings (SSSR count). The molecule has 1 aromatic carbocycles. The van der Waals surface area contributed by atoms with Gasteiger partial charge in [-0.2, -0.15) is 10.2 Å². The van der Waals surface area contributed by atoms with Gasteiger partial charge in [-0.15, -0.1) is 0 Å². The maximum Gasteiger partial charge on any atom is 0.323 e. The van der Waals surface area contributed by atoms with E-state index in [9.17, 15) is 23.1 Å². The number of carbonyl (C=O) groups is 2. The summed E-state index contributed by atoms with van der Waals surface area (Å²) < 4.78 is 28.0. The van der Waals surface area contributed by atoms with Crippen LogP contribution in [0.15, 0.2) is 23.2 Å². The van der Waals surface area contributed by atoms with Gasteiger partial charge in [0, 0.05) is 18.8 Å². The summed E-state index contributed by atoms with van der Waals surface area (Å²) in [6.45, 7) is 4.75. The van der Waals surface area contributed by atoms with Crippen LogP contribution in [0, 0.1) is 20.8 Å². The monoisotopic (exact) mass is 508 g/mol. The van der Waals surface area contributed by atoms with Crippen molar-refractivity contribution in [3.63, 3.8) is 0 Å². The number of carboxylic acid groups (broad SMARTS) is 1. The first-order valence-corrected chi connectivity index (χ1v) is 12.7. The van der Waals surface area contributed by atoms with Crippen molar-refractivity contribution in [2.24, 2.45) is 0 Å². The third-order valence-corrected chi connectivity index (χ3v) is 7.51. The Morgan fingerprint density at radius 2 is 1.97 bits per heavy atom. The Hall–Kier alpha value is -3.00. The van der Waals surface area contributed by atoms with E-state index in [1.54, 1.807) is 32.2 Å². The van der Waals surface area contributed by atoms with Crippen LogP contribution in [0.1, 0.15) is 41.6 Å². The molecule has 12 nitrogen and oxygen atoms in total. The molecule has 35 heavy (non-hydrogen) atoms. The van der Waals surface area contributed by atoms with Gasteiger partial charge < -0.3 is 21.1 Å². The van der Waals surface area contributed by atoms with Crippen LogP contribution in [0.25, 0.3) is 0 Å². The lowest BCUT2D eigenvalue weighted by molar-refractivity contribution is -0.139. The van der Waals surface area contributed by atoms with Gasteiger partial charge in [0.15, 0.2) is 5.95 Å². The van der Waals surface area contributed by atoms with Crippen molar-refractivity contribution in [3.05, 3.63) is 40.7 Å². The van der Waals surface area contributed by atoms with Crippen LogP contribution in [0.3, 0.4) is 0 Å². The van der Waals surface area contributed by atoms with E-state index in [0.29, 0.717) is 29.9 Å². The molecule has 1 aliphatic heterocycles. The molecule has 3 unspecified atom stereocenters. The first-order valence-electron chi connectivity index (χ1n) is 11.2. The zero-order chi connectivity index (χ0) is 25.8. The van der Waals surface area contributed by atoms with Crippen LogP contribution >= 0.6 is 0 Å². The molecular weight excluding hydrogens is 476 g/mol. The van der Waals surface area contributed by atoms with Gasteiger partial charge in [-0.05, 0) is 51.2 Å². The minimum Gasteiger partial charge on any atom is -0.480 e. The Balaban J connectivity index is 1.50. The Morgan fingerprint density at radius 1 is 1.29 bits per heavy atom. The van der Waals surface area contributed by atoms with Gasteiger partial charge in [0.25, 0.3) is 0 Å². The fraction of sp³-hybridized carbons (Fsp3) is 0.500. The first kappa shape index (κ1) is 26.6. The van der Waals surface area contributed by atoms with E-state index in [0.717, 1.165) is 17.7 Å². The second-order valence-electron chi connectivity index (χ2n) is 8.85. The molecule has 2 heterocycles. The standard InChI is InChI=1S/C22H32N6O6S/c1-12-6-13(2)20(14(3)7-12)35(32,33)28-18(21(30)31)11-24-19(29)9-17-8-15(27-34-17)4-5-16-10-25-22(23)26-16/h6-7,10,15,17-18,27-28H,4-5,8-9,11H2,1-3H3,(H,24,29)(H,30,31)(H3,23,25,26). The molecule has 0 radical (unpaired) electrons. The normalized spacial score (nSPS) is 18.9. The van der Waals surface area contributed by atoms with E-state index in [4.69, 9.17) is 10.6 Å². The Bertz CT molecular complexity index is 1160. The number of hydrogen-bond acceptors (Lipinski definition) is 8. The van der Waals surface area contributed by atoms with Gasteiger partial charge in [0.1, 0.15) is 6.04 Å². The third kappa shape index (κ3) is 7.24. The molecule has 0 saturated carbocycles. The molecule has 1 aliphatic rings. The van der Waals surface area contributed by atoms with Crippen LogP contribution in [0.2, 0.25) is 0 Å². The number of hydroxylamine groups is 1. The summed E-state index contributed by atoms with van der Waals surface area (Å²) in [7, 11) is -4.12. The number of nitrogens with two attached hydrogens (primary N) is 1. The second-order valence-corrected chi connectivity index (χ2v) is 10.5. The van der Waals surface area contributed by atoms with Crippen molar-refractivity contribution in [2.75, 3.05) is 12.3 Å². The number of nitrogens with zero attached hydrogens (tertiary/aromatic N) is 1. The minimum absolute atomic E-state index is 0.00806. The molecule has 1 aromatic heterocycles. The topological polar surface area (TPSA) is 189 Å². The van der Waals surface area contributed by atoms with Gasteiger partial charge >= 0.3 is 5.97 Å². The van der Waals surface area contributed by atoms with Gasteiger partial charge in [0.05, 0.1) is 23.1 Å². The van der Waals surface area contributed by atoms with Crippen LogP contribution in [-0.2, 0) is 30.9 Å². The first-order chi connectivity index (χ1) is 16.4. The number of hydrogen-bond donors (Lipinski definition) is 6. The third-order valence-electron chi connectivity index (χ3n) is 5.73. The zero-order valence-corrected chi connectivity index (χ0v) is 20.7. The highest BCUT2D eigenvalue weighted by Gasteiger charge is 2.30. The number of H-pyrrole nitrogens is 1. The van der Waals surface area contributed by atoms with Gasteiger partial charge in [-0.3, -0.25) is 14.4 Å². The minimum atomic E-state index is -4.12. The quantitative estimate of drug-likeness (QED) is 0.250. The van der Waals surface area contributed by atoms with E-state index in [1.807, 2.05) is 6.92 Å². The van der Waals surface area contributed by atoms with Crippen LogP contribution < -0.4 is 21.3 Å². The highest BCUT2D eigenvalue weighted by molar-refractivity contribution is 7.89. The van der Waals surface area contributed by atoms with Gasteiger partial charge in [-0.1, -0.05) is 17.7 Å². The molecule has 0 bridgehead atoms. The van der Waals surface area contributed by atoms with Gasteiger partial charge in [0.2, 0.25) is 15.9 Å². The number of aliphatic carboxylic acids is 1. The molecule has 1 amide bonds. The van der Waals surface area contributed by atoms with Crippen LogP contribution in [-0.4, -0.2) is 60.1 Å². The van der Waals surface area contributed by atoms with Crippen molar-refractivity contribution < 1.29 is 28.0 Å². The van der Waals surface area contributed by atoms with Crippen LogP contribution in [0.5, 0.6) is 0 Å². The number of carboxylic acids is 1. The average molecular weight is 509 g/mol. The van der Waals surface area contributed by atoms with Gasteiger partial charge in [-0.25, -0.2) is 13.4 Å². The molecule has 192 valence electrons. The summed E-state index contributed by atoms with van der Waals surface area (Å²) in [4.78, 5) is 36.5. The summed E-state index contributed by atoms with van der Waals surface area (Å²) in [6, 6.07) is 1.93. The summed E-state index contributed by atoms with van der Waals surface area (Å²) in [5.74, 6) is -1.48. The lowest BCUT2D eigenvalue weighted by atomic mass is 10.0. The summed E-state index contributed by atoms with van der Waals surface area (Å²) in [5.41, 5.74) is 11.2. The molecule has 1 saturated heterocycles. The predicted octanol–water partition coefficient (Wildman–Crippen LogP) is 0.450. The lowest BCUT2D eigenvalue weighted by Crippen LogP contribution is -2.48. The molecule has 7 N–H and O–H groups in total. The average Bonchev–Trinajstić information content (AvgIpc) is 3.36. The maximum atomic E-state index is 12.9. The smallest absolute Gasteiger partial charge is 0.323 e. The fourth-order valence-electron chi connectivity index (χ4n) is 4.25. The van der Waals surface area contributed by atoms with Crippen molar-refractivity contribution in [1.29, 1.82) is 0 Å². The Kier molecular flexibility index (Phi) is 8.48. The van der Waals surface area contributed by atoms with Crippen LogP contribution in [0.4, 0.5) is 5.95 Å². The molecule has 0 spiro atoms. The molecule has 3 atom stereocenters. The van der Waals surface area contributed by atoms with Crippen molar-refractivity contribution >= 4 is 27.8 Å². The number of anilines is 1. The Labute approximate surface area is 204 Å². The number of aromatic amines is 1. The molecule has 13 heteroatoms. The molecule has 2 aromatic rings. The number of aromatic nitrogens is 2. The zero-order valence-electron chi connectivity index (χ0n) is 19.9. The predicted molar refractivity (Wildman–Crippen MR) is 128 cm³/mol. The largest absolute Gasteiger partial charge is 0.480 e. The summed E-state index contributed by atoms with van der Waals surface area (Å²) in [6.07, 6.45) is 3.38. The second kappa shape index (κ2) is 11.2. The Morgan fingerprint density at radius 3 is 2.57 bits per heavy atom. The number of rotatable bonds is 11. The van der Waals surface area contributed by atoms with E-state index in [1.165, 1.54) is 0 Å². The molecular formula is C22H32N6O6S. The van der Waals surface area contributed by atoms with Crippen molar-refractivity contribution in [1.82, 2.24) is 25.5 Å². The fourth-order valence-corrected chi connectivity index (χ4v) is 5.89. The van der Waals surface area contributed by atoms with E-state index < -0.39 is 34.5 Å². The lowest BCUT2D eigenvalue weighted by Gasteiger charge is -2.18. The van der Waals surface area contributed by atoms with E-state index in [-0.39, 0.29) is 23.5 Å². The van der Waals surface area contributed by atoms with E-state index in [2.05, 4.69) is 25.5 Å². The van der Waals surface area contributed by atoms with Crippen molar-refractivity contribution in [3.8, 4) is 0 Å². The SMILES string of the molecule is Cc1cc(C)c(S(=O)(=O)NC(CNC(=O)CC2CC(CCc3c[nH]c(N)n3)NO2)C(=O)O)c(C)c1. The molecule has 1 fully saturated rings. The number of nitrogen functional groups attached to an aromatic ring is 1. The number of carbonyl (C=O) groups excluding carboxylic acids is 1. The maximum absolute atomic E-state index is 12.9. The summed E-state index contributed by atoms with van der Waals surface area (Å²) in [5, 5.41) is 12.0. The highest BCUT2D eigenvalue weighted by atomic mass is 32.2. The number of nitrogens with one attached hydrogen (secondary N) is 4. The number of benzene rings is 1. The van der Waals surface area contributed by atoms with Crippen molar-refractivity contribution in [2.45, 2.75) is 69.5 Å². The number of amides is 1. The number of aryl methyl sites for hydroxylation is 4. The van der Waals surface area contributed by atoms with E-state index >= 15 is 0 Å². The number of imidazole rings is 1. The highest BCUT2D eigenvalue weighted by Crippen LogP contribution is 2.22. The summed E-state index contributed by atoms with van der Waals surface area (Å²) >= 11 is 0. The number of sulfonamides is 1.